The lowest BCUT2D eigenvalue weighted by atomic mass is 10.2. The van der Waals surface area contributed by atoms with Gasteiger partial charge in [-0.1, -0.05) is 30.3 Å². The Hall–Kier alpha value is -2.84. The minimum absolute atomic E-state index is 0.227. The summed E-state index contributed by atoms with van der Waals surface area (Å²) in [6, 6.07) is 12.2. The first-order chi connectivity index (χ1) is 14.9. The van der Waals surface area contributed by atoms with E-state index in [1.807, 2.05) is 38.1 Å². The van der Waals surface area contributed by atoms with Crippen molar-refractivity contribution in [2.24, 2.45) is 0 Å². The zero-order valence-corrected chi connectivity index (χ0v) is 18.5. The summed E-state index contributed by atoms with van der Waals surface area (Å²) in [6.45, 7) is 6.47. The molecule has 0 atom stereocenters. The highest BCUT2D eigenvalue weighted by atomic mass is 32.2. The van der Waals surface area contributed by atoms with E-state index in [0.717, 1.165) is 40.2 Å². The van der Waals surface area contributed by atoms with E-state index in [2.05, 4.69) is 16.7 Å². The van der Waals surface area contributed by atoms with E-state index < -0.39 is 11.1 Å². The standard InChI is InChI=1S/C23H25N3O4S/c1-16-12-19(17(2)25(16)14-18-6-4-3-5-7-18)13-20-22(28)26(23(29)31-20)15-21(27)24-8-10-30-11-9-24/h3-7,12-13H,8-11,14-15H2,1-2H3/b20-13-. The molecule has 31 heavy (non-hydrogen) atoms. The molecule has 0 saturated carbocycles. The Morgan fingerprint density at radius 2 is 1.84 bits per heavy atom. The van der Waals surface area contributed by atoms with E-state index in [9.17, 15) is 14.4 Å². The van der Waals surface area contributed by atoms with Crippen LogP contribution in [-0.4, -0.2) is 64.3 Å². The van der Waals surface area contributed by atoms with Crippen LogP contribution in [0.5, 0.6) is 0 Å². The molecule has 8 heteroatoms. The van der Waals surface area contributed by atoms with Crippen molar-refractivity contribution >= 4 is 34.9 Å². The van der Waals surface area contributed by atoms with Gasteiger partial charge in [-0.15, -0.1) is 0 Å². The van der Waals surface area contributed by atoms with Gasteiger partial charge in [-0.2, -0.15) is 0 Å². The van der Waals surface area contributed by atoms with E-state index in [1.54, 1.807) is 11.0 Å². The first-order valence-corrected chi connectivity index (χ1v) is 11.1. The fourth-order valence-electron chi connectivity index (χ4n) is 3.81. The van der Waals surface area contributed by atoms with Crippen molar-refractivity contribution < 1.29 is 19.1 Å². The Bertz CT molecular complexity index is 1040. The van der Waals surface area contributed by atoms with Gasteiger partial charge in [0, 0.05) is 31.0 Å². The van der Waals surface area contributed by atoms with Gasteiger partial charge >= 0.3 is 0 Å². The quantitative estimate of drug-likeness (QED) is 0.670. The molecule has 0 N–H and O–H groups in total. The van der Waals surface area contributed by atoms with Crippen LogP contribution in [0.25, 0.3) is 6.08 Å². The Kier molecular flexibility index (Phi) is 6.29. The summed E-state index contributed by atoms with van der Waals surface area (Å²) in [4.78, 5) is 40.8. The molecule has 2 aromatic rings. The number of carbonyl (C=O) groups excluding carboxylic acids is 3. The molecule has 0 radical (unpaired) electrons. The third-order valence-corrected chi connectivity index (χ3v) is 6.52. The predicted molar refractivity (Wildman–Crippen MR) is 120 cm³/mol. The Balaban J connectivity index is 1.50. The van der Waals surface area contributed by atoms with Gasteiger partial charge in [0.05, 0.1) is 18.1 Å². The van der Waals surface area contributed by atoms with Crippen molar-refractivity contribution in [3.05, 3.63) is 63.8 Å². The second-order valence-electron chi connectivity index (χ2n) is 7.66. The molecule has 2 aliphatic rings. The van der Waals surface area contributed by atoms with Crippen LogP contribution in [0.15, 0.2) is 41.3 Å². The minimum atomic E-state index is -0.413. The Morgan fingerprint density at radius 1 is 1.13 bits per heavy atom. The molecule has 3 heterocycles. The molecule has 2 saturated heterocycles. The number of morpholine rings is 1. The number of aryl methyl sites for hydroxylation is 1. The van der Waals surface area contributed by atoms with Crippen LogP contribution in [-0.2, 0) is 20.9 Å². The van der Waals surface area contributed by atoms with Crippen LogP contribution in [0.1, 0.15) is 22.5 Å². The van der Waals surface area contributed by atoms with Gasteiger partial charge in [0.25, 0.3) is 11.1 Å². The van der Waals surface area contributed by atoms with Gasteiger partial charge in [0.2, 0.25) is 5.91 Å². The Morgan fingerprint density at radius 3 is 2.55 bits per heavy atom. The third-order valence-electron chi connectivity index (χ3n) is 5.61. The van der Waals surface area contributed by atoms with Crippen LogP contribution >= 0.6 is 11.8 Å². The second kappa shape index (κ2) is 9.11. The summed E-state index contributed by atoms with van der Waals surface area (Å²) in [6.07, 6.45) is 1.76. The third kappa shape index (κ3) is 4.60. The van der Waals surface area contributed by atoms with E-state index in [4.69, 9.17) is 4.74 Å². The number of hydrogen-bond acceptors (Lipinski definition) is 5. The number of benzene rings is 1. The number of carbonyl (C=O) groups is 3. The van der Waals surface area contributed by atoms with Crippen molar-refractivity contribution in [2.75, 3.05) is 32.8 Å². The maximum Gasteiger partial charge on any atom is 0.294 e. The van der Waals surface area contributed by atoms with Crippen molar-refractivity contribution in [3.8, 4) is 0 Å². The Labute approximate surface area is 185 Å². The maximum atomic E-state index is 12.8. The van der Waals surface area contributed by atoms with Gasteiger partial charge < -0.3 is 14.2 Å². The van der Waals surface area contributed by atoms with E-state index >= 15 is 0 Å². The molecule has 1 aromatic heterocycles. The number of amides is 3. The molecule has 0 aliphatic carbocycles. The van der Waals surface area contributed by atoms with Crippen LogP contribution < -0.4 is 0 Å². The fraction of sp³-hybridized carbons (Fsp3) is 0.348. The van der Waals surface area contributed by atoms with Crippen molar-refractivity contribution in [3.63, 3.8) is 0 Å². The molecular formula is C23H25N3O4S. The zero-order chi connectivity index (χ0) is 22.0. The maximum absolute atomic E-state index is 12.8. The molecule has 1 aromatic carbocycles. The second-order valence-corrected chi connectivity index (χ2v) is 8.65. The summed E-state index contributed by atoms with van der Waals surface area (Å²) in [5.74, 6) is -0.641. The number of aromatic nitrogens is 1. The number of nitrogens with zero attached hydrogens (tertiary/aromatic N) is 3. The minimum Gasteiger partial charge on any atom is -0.378 e. The molecule has 162 valence electrons. The molecule has 0 bridgehead atoms. The summed E-state index contributed by atoms with van der Waals surface area (Å²) in [5, 5.41) is -0.407. The molecule has 0 spiro atoms. The average Bonchev–Trinajstić information content (AvgIpc) is 3.19. The molecule has 3 amide bonds. The molecular weight excluding hydrogens is 414 g/mol. The van der Waals surface area contributed by atoms with Gasteiger partial charge in [-0.25, -0.2) is 0 Å². The summed E-state index contributed by atoms with van der Waals surface area (Å²) >= 11 is 0.887. The highest BCUT2D eigenvalue weighted by Gasteiger charge is 2.37. The molecule has 7 nitrogen and oxygen atoms in total. The molecule has 4 rings (SSSR count). The van der Waals surface area contributed by atoms with Crippen molar-refractivity contribution in [2.45, 2.75) is 20.4 Å². The lowest BCUT2D eigenvalue weighted by Crippen LogP contribution is -2.46. The first kappa shape index (κ1) is 21.4. The van der Waals surface area contributed by atoms with Gasteiger partial charge in [0.1, 0.15) is 6.54 Å². The smallest absolute Gasteiger partial charge is 0.294 e. The van der Waals surface area contributed by atoms with Gasteiger partial charge in [-0.05, 0) is 48.9 Å². The number of hydrogen-bond donors (Lipinski definition) is 0. The SMILES string of the molecule is Cc1cc(/C=C2\SC(=O)N(CC(=O)N3CCOCC3)C2=O)c(C)n1Cc1ccccc1. The number of ether oxygens (including phenoxy) is 1. The summed E-state index contributed by atoms with van der Waals surface area (Å²) in [5.41, 5.74) is 4.20. The summed E-state index contributed by atoms with van der Waals surface area (Å²) in [7, 11) is 0. The lowest BCUT2D eigenvalue weighted by molar-refractivity contribution is -0.139. The highest BCUT2D eigenvalue weighted by molar-refractivity contribution is 8.18. The lowest BCUT2D eigenvalue weighted by Gasteiger charge is -2.28. The first-order valence-electron chi connectivity index (χ1n) is 10.3. The van der Waals surface area contributed by atoms with E-state index in [0.29, 0.717) is 31.2 Å². The number of thioether (sulfide) groups is 1. The topological polar surface area (TPSA) is 71.9 Å². The van der Waals surface area contributed by atoms with Crippen LogP contribution in [0, 0.1) is 13.8 Å². The fourth-order valence-corrected chi connectivity index (χ4v) is 4.64. The number of rotatable bonds is 5. The van der Waals surface area contributed by atoms with Crippen molar-refractivity contribution in [1.82, 2.24) is 14.4 Å². The van der Waals surface area contributed by atoms with E-state index in [-0.39, 0.29) is 12.5 Å². The van der Waals surface area contributed by atoms with Crippen molar-refractivity contribution in [1.29, 1.82) is 0 Å². The average molecular weight is 440 g/mol. The zero-order valence-electron chi connectivity index (χ0n) is 17.7. The molecule has 2 aliphatic heterocycles. The highest BCUT2D eigenvalue weighted by Crippen LogP contribution is 2.33. The van der Waals surface area contributed by atoms with Crippen LogP contribution in [0.2, 0.25) is 0 Å². The monoisotopic (exact) mass is 439 g/mol. The molecule has 2 fully saturated rings. The van der Waals surface area contributed by atoms with Crippen LogP contribution in [0.4, 0.5) is 4.79 Å². The van der Waals surface area contributed by atoms with Gasteiger partial charge in [-0.3, -0.25) is 19.3 Å². The van der Waals surface area contributed by atoms with E-state index in [1.165, 1.54) is 5.56 Å². The molecule has 0 unspecified atom stereocenters. The predicted octanol–water partition coefficient (Wildman–Crippen LogP) is 3.05. The van der Waals surface area contributed by atoms with Gasteiger partial charge in [0.15, 0.2) is 0 Å². The normalized spacial score (nSPS) is 18.3. The van der Waals surface area contributed by atoms with Crippen LogP contribution in [0.3, 0.4) is 0 Å². The summed E-state index contributed by atoms with van der Waals surface area (Å²) < 4.78 is 7.44. The number of imide groups is 1. The largest absolute Gasteiger partial charge is 0.378 e.